The monoisotopic (exact) mass is 260 g/mol. The molecular weight excluding hydrogens is 232 g/mol. The second-order valence-electron chi connectivity index (χ2n) is 5.71. The van der Waals surface area contributed by atoms with Crippen molar-refractivity contribution in [3.8, 4) is 0 Å². The summed E-state index contributed by atoms with van der Waals surface area (Å²) in [7, 11) is 0. The highest BCUT2D eigenvalue weighted by Gasteiger charge is 2.19. The van der Waals surface area contributed by atoms with Crippen LogP contribution in [0.3, 0.4) is 0 Å². The van der Waals surface area contributed by atoms with E-state index in [1.54, 1.807) is 0 Å². The van der Waals surface area contributed by atoms with E-state index in [1.807, 2.05) is 0 Å². The minimum atomic E-state index is 0.832. The summed E-state index contributed by atoms with van der Waals surface area (Å²) in [4.78, 5) is 2.65. The van der Waals surface area contributed by atoms with Crippen LogP contribution in [0, 0.1) is 6.92 Å². The minimum absolute atomic E-state index is 0.832. The van der Waals surface area contributed by atoms with Gasteiger partial charge in [0.15, 0.2) is 0 Å². The van der Waals surface area contributed by atoms with E-state index in [4.69, 9.17) is 0 Å². The number of anilines is 1. The fraction of sp³-hybridized carbons (Fsp3) is 0.647. The van der Waals surface area contributed by atoms with Gasteiger partial charge in [-0.05, 0) is 38.4 Å². The van der Waals surface area contributed by atoms with Crippen LogP contribution in [0.4, 0.5) is 5.69 Å². The second-order valence-corrected chi connectivity index (χ2v) is 5.71. The van der Waals surface area contributed by atoms with Crippen molar-refractivity contribution < 1.29 is 0 Å². The Labute approximate surface area is 118 Å². The Morgan fingerprint density at radius 3 is 2.42 bits per heavy atom. The fourth-order valence-electron chi connectivity index (χ4n) is 3.06. The first-order valence-electron chi connectivity index (χ1n) is 7.84. The van der Waals surface area contributed by atoms with E-state index >= 15 is 0 Å². The van der Waals surface area contributed by atoms with Gasteiger partial charge in [0.25, 0.3) is 0 Å². The standard InChI is InChI=1S/C17H28N2/c1-3-19(17-7-5-4-6-8-17)14-13-18-16-11-9-15(2)10-12-16/h9-12,17-18H,3-8,13-14H2,1-2H3. The lowest BCUT2D eigenvalue weighted by molar-refractivity contribution is 0.169. The average Bonchev–Trinajstić information content (AvgIpc) is 2.46. The van der Waals surface area contributed by atoms with E-state index in [2.05, 4.69) is 48.3 Å². The molecule has 0 radical (unpaired) electrons. The maximum absolute atomic E-state index is 3.53. The lowest BCUT2D eigenvalue weighted by Crippen LogP contribution is -2.39. The SMILES string of the molecule is CCN(CCNc1ccc(C)cc1)C1CCCCC1. The second kappa shape index (κ2) is 7.54. The van der Waals surface area contributed by atoms with Gasteiger partial charge in [-0.2, -0.15) is 0 Å². The third kappa shape index (κ3) is 4.54. The Hall–Kier alpha value is -1.02. The lowest BCUT2D eigenvalue weighted by Gasteiger charge is -2.33. The maximum atomic E-state index is 3.53. The molecule has 0 aliphatic heterocycles. The predicted molar refractivity (Wildman–Crippen MR) is 83.8 cm³/mol. The van der Waals surface area contributed by atoms with E-state index in [0.717, 1.165) is 19.1 Å². The minimum Gasteiger partial charge on any atom is -0.384 e. The van der Waals surface area contributed by atoms with Crippen molar-refractivity contribution in [2.75, 3.05) is 25.0 Å². The molecule has 0 saturated heterocycles. The van der Waals surface area contributed by atoms with Crippen molar-refractivity contribution in [1.29, 1.82) is 0 Å². The average molecular weight is 260 g/mol. The van der Waals surface area contributed by atoms with Gasteiger partial charge in [0.1, 0.15) is 0 Å². The van der Waals surface area contributed by atoms with Crippen molar-refractivity contribution in [3.05, 3.63) is 29.8 Å². The van der Waals surface area contributed by atoms with E-state index in [1.165, 1.54) is 49.9 Å². The van der Waals surface area contributed by atoms with Gasteiger partial charge >= 0.3 is 0 Å². The molecule has 0 heterocycles. The first-order valence-corrected chi connectivity index (χ1v) is 7.84. The summed E-state index contributed by atoms with van der Waals surface area (Å²) in [5.74, 6) is 0. The van der Waals surface area contributed by atoms with Crippen LogP contribution in [0.2, 0.25) is 0 Å². The van der Waals surface area contributed by atoms with Crippen LogP contribution >= 0.6 is 0 Å². The molecule has 1 aliphatic carbocycles. The number of benzene rings is 1. The molecule has 1 N–H and O–H groups in total. The molecule has 2 heteroatoms. The Morgan fingerprint density at radius 1 is 1.11 bits per heavy atom. The van der Waals surface area contributed by atoms with Crippen molar-refractivity contribution in [2.45, 2.75) is 52.0 Å². The summed E-state index contributed by atoms with van der Waals surface area (Å²) < 4.78 is 0. The smallest absolute Gasteiger partial charge is 0.0340 e. The van der Waals surface area contributed by atoms with Gasteiger partial charge in [-0.1, -0.05) is 43.9 Å². The van der Waals surface area contributed by atoms with Gasteiger partial charge in [-0.25, -0.2) is 0 Å². The number of rotatable bonds is 6. The van der Waals surface area contributed by atoms with Crippen LogP contribution in [0.25, 0.3) is 0 Å². The van der Waals surface area contributed by atoms with Crippen LogP contribution in [-0.2, 0) is 0 Å². The summed E-state index contributed by atoms with van der Waals surface area (Å²) >= 11 is 0. The van der Waals surface area contributed by atoms with Gasteiger partial charge in [0.2, 0.25) is 0 Å². The maximum Gasteiger partial charge on any atom is 0.0340 e. The third-order valence-corrected chi connectivity index (χ3v) is 4.28. The molecular formula is C17H28N2. The Bertz CT molecular complexity index is 352. The molecule has 0 unspecified atom stereocenters. The van der Waals surface area contributed by atoms with Gasteiger partial charge in [-0.15, -0.1) is 0 Å². The normalized spacial score (nSPS) is 16.8. The molecule has 0 spiro atoms. The Morgan fingerprint density at radius 2 is 1.79 bits per heavy atom. The van der Waals surface area contributed by atoms with Gasteiger partial charge in [0.05, 0.1) is 0 Å². The molecule has 106 valence electrons. The largest absolute Gasteiger partial charge is 0.384 e. The molecule has 1 saturated carbocycles. The molecule has 0 bridgehead atoms. The van der Waals surface area contributed by atoms with Crippen LogP contribution in [0.1, 0.15) is 44.6 Å². The molecule has 1 aromatic carbocycles. The van der Waals surface area contributed by atoms with E-state index < -0.39 is 0 Å². The van der Waals surface area contributed by atoms with Crippen molar-refractivity contribution in [3.63, 3.8) is 0 Å². The van der Waals surface area contributed by atoms with Gasteiger partial charge in [-0.3, -0.25) is 4.90 Å². The summed E-state index contributed by atoms with van der Waals surface area (Å²) in [6.45, 7) is 7.81. The molecule has 1 aliphatic rings. The molecule has 2 rings (SSSR count). The molecule has 2 nitrogen and oxygen atoms in total. The number of hydrogen-bond donors (Lipinski definition) is 1. The Balaban J connectivity index is 1.74. The zero-order valence-electron chi connectivity index (χ0n) is 12.5. The molecule has 1 fully saturated rings. The van der Waals surface area contributed by atoms with Crippen LogP contribution in [0.15, 0.2) is 24.3 Å². The van der Waals surface area contributed by atoms with Crippen LogP contribution in [-0.4, -0.2) is 30.6 Å². The Kier molecular flexibility index (Phi) is 5.71. The summed E-state index contributed by atoms with van der Waals surface area (Å²) in [5.41, 5.74) is 2.56. The van der Waals surface area contributed by atoms with Crippen LogP contribution in [0.5, 0.6) is 0 Å². The molecule has 0 amide bonds. The zero-order chi connectivity index (χ0) is 13.5. The molecule has 0 aromatic heterocycles. The fourth-order valence-corrected chi connectivity index (χ4v) is 3.06. The summed E-state index contributed by atoms with van der Waals surface area (Å²) in [6.07, 6.45) is 7.09. The van der Waals surface area contributed by atoms with Crippen molar-refractivity contribution in [2.24, 2.45) is 0 Å². The highest BCUT2D eigenvalue weighted by atomic mass is 15.2. The number of hydrogen-bond acceptors (Lipinski definition) is 2. The first-order chi connectivity index (χ1) is 9.29. The molecule has 19 heavy (non-hydrogen) atoms. The highest BCUT2D eigenvalue weighted by molar-refractivity contribution is 5.44. The highest BCUT2D eigenvalue weighted by Crippen LogP contribution is 2.22. The zero-order valence-corrected chi connectivity index (χ0v) is 12.5. The topological polar surface area (TPSA) is 15.3 Å². The summed E-state index contributed by atoms with van der Waals surface area (Å²) in [6, 6.07) is 9.51. The lowest BCUT2D eigenvalue weighted by atomic mass is 9.94. The van der Waals surface area contributed by atoms with Crippen molar-refractivity contribution >= 4 is 5.69 Å². The predicted octanol–water partition coefficient (Wildman–Crippen LogP) is 4.06. The van der Waals surface area contributed by atoms with Gasteiger partial charge < -0.3 is 5.32 Å². The van der Waals surface area contributed by atoms with Gasteiger partial charge in [0, 0.05) is 24.8 Å². The van der Waals surface area contributed by atoms with E-state index in [-0.39, 0.29) is 0 Å². The molecule has 1 aromatic rings. The van der Waals surface area contributed by atoms with E-state index in [0.29, 0.717) is 0 Å². The van der Waals surface area contributed by atoms with Crippen molar-refractivity contribution in [1.82, 2.24) is 4.90 Å². The third-order valence-electron chi connectivity index (χ3n) is 4.28. The quantitative estimate of drug-likeness (QED) is 0.829. The summed E-state index contributed by atoms with van der Waals surface area (Å²) in [5, 5.41) is 3.53. The first kappa shape index (κ1) is 14.4. The number of nitrogens with zero attached hydrogens (tertiary/aromatic N) is 1. The molecule has 0 atom stereocenters. The number of likely N-dealkylation sites (N-methyl/N-ethyl adjacent to an activating group) is 1. The van der Waals surface area contributed by atoms with E-state index in [9.17, 15) is 0 Å². The number of nitrogens with one attached hydrogen (secondary N) is 1. The number of aryl methyl sites for hydroxylation is 1. The van der Waals surface area contributed by atoms with Crippen LogP contribution < -0.4 is 5.32 Å².